The fourth-order valence-electron chi connectivity index (χ4n) is 2.70. The average Bonchev–Trinajstić information content (AvgIpc) is 2.55. The van der Waals surface area contributed by atoms with Crippen molar-refractivity contribution in [2.45, 2.75) is 12.8 Å². The largest absolute Gasteiger partial charge is 0.325 e. The lowest BCUT2D eigenvalue weighted by Crippen LogP contribution is -2.36. The van der Waals surface area contributed by atoms with Crippen molar-refractivity contribution in [3.05, 3.63) is 77.4 Å². The van der Waals surface area contributed by atoms with Crippen molar-refractivity contribution < 1.29 is 4.79 Å². The zero-order valence-corrected chi connectivity index (χ0v) is 12.3. The molecule has 22 heavy (non-hydrogen) atoms. The van der Waals surface area contributed by atoms with Crippen molar-refractivity contribution in [2.24, 2.45) is 5.92 Å². The maximum Gasteiger partial charge on any atom is 0.242 e. The van der Waals surface area contributed by atoms with Gasteiger partial charge in [0.15, 0.2) is 0 Å². The molecule has 1 aliphatic heterocycles. The van der Waals surface area contributed by atoms with Crippen LogP contribution in [0, 0.1) is 24.2 Å². The quantitative estimate of drug-likeness (QED) is 0.921. The molecule has 3 nitrogen and oxygen atoms in total. The second kappa shape index (κ2) is 5.87. The summed E-state index contributed by atoms with van der Waals surface area (Å²) < 4.78 is 0. The van der Waals surface area contributed by atoms with E-state index in [2.05, 4.69) is 11.4 Å². The summed E-state index contributed by atoms with van der Waals surface area (Å²) in [5.74, 6) is -1.16. The van der Waals surface area contributed by atoms with E-state index in [1.54, 1.807) is 0 Å². The van der Waals surface area contributed by atoms with Crippen LogP contribution < -0.4 is 5.32 Å². The van der Waals surface area contributed by atoms with Gasteiger partial charge in [0.25, 0.3) is 0 Å². The first-order valence-corrected chi connectivity index (χ1v) is 7.23. The van der Waals surface area contributed by atoms with Crippen molar-refractivity contribution in [3.8, 4) is 6.07 Å². The summed E-state index contributed by atoms with van der Waals surface area (Å²) in [5.41, 5.74) is 3.87. The lowest BCUT2D eigenvalue weighted by atomic mass is 9.82. The minimum absolute atomic E-state index is 0.226. The average molecular weight is 288 g/mol. The number of carbonyl (C=O) groups excluding carboxylic acids is 1. The predicted molar refractivity (Wildman–Crippen MR) is 85.6 cm³/mol. The predicted octanol–water partition coefficient (Wildman–Crippen LogP) is 3.39. The van der Waals surface area contributed by atoms with E-state index in [0.29, 0.717) is 0 Å². The van der Waals surface area contributed by atoms with Gasteiger partial charge in [0, 0.05) is 11.6 Å². The van der Waals surface area contributed by atoms with Crippen LogP contribution in [0.5, 0.6) is 0 Å². The number of nitriles is 1. The van der Waals surface area contributed by atoms with Crippen LogP contribution in [0.25, 0.3) is 5.70 Å². The van der Waals surface area contributed by atoms with Crippen LogP contribution in [-0.4, -0.2) is 5.91 Å². The van der Waals surface area contributed by atoms with Gasteiger partial charge in [0.05, 0.1) is 6.07 Å². The van der Waals surface area contributed by atoms with Gasteiger partial charge in [-0.3, -0.25) is 4.79 Å². The van der Waals surface area contributed by atoms with Gasteiger partial charge in [0.1, 0.15) is 5.92 Å². The number of allylic oxidation sites excluding steroid dienone is 1. The smallest absolute Gasteiger partial charge is 0.242 e. The van der Waals surface area contributed by atoms with Gasteiger partial charge in [-0.1, -0.05) is 66.2 Å². The number of amides is 1. The summed E-state index contributed by atoms with van der Waals surface area (Å²) in [6.07, 6.45) is 1.98. The Morgan fingerprint density at radius 1 is 1.05 bits per heavy atom. The minimum Gasteiger partial charge on any atom is -0.325 e. The van der Waals surface area contributed by atoms with E-state index in [0.717, 1.165) is 16.8 Å². The maximum atomic E-state index is 12.3. The van der Waals surface area contributed by atoms with Gasteiger partial charge in [-0.25, -0.2) is 0 Å². The summed E-state index contributed by atoms with van der Waals surface area (Å²) in [6.45, 7) is 2.02. The second-order valence-electron chi connectivity index (χ2n) is 5.48. The van der Waals surface area contributed by atoms with Gasteiger partial charge in [-0.05, 0) is 18.1 Å². The highest BCUT2D eigenvalue weighted by Gasteiger charge is 2.33. The second-order valence-corrected chi connectivity index (χ2v) is 5.48. The Hall–Kier alpha value is -2.86. The molecule has 0 radical (unpaired) electrons. The van der Waals surface area contributed by atoms with E-state index >= 15 is 0 Å². The number of benzene rings is 2. The molecule has 0 saturated heterocycles. The molecule has 0 spiro atoms. The van der Waals surface area contributed by atoms with Crippen molar-refractivity contribution in [2.75, 3.05) is 0 Å². The van der Waals surface area contributed by atoms with E-state index < -0.39 is 5.92 Å². The highest BCUT2D eigenvalue weighted by Crippen LogP contribution is 2.32. The molecule has 108 valence electrons. The molecule has 3 rings (SSSR count). The van der Waals surface area contributed by atoms with Gasteiger partial charge < -0.3 is 5.32 Å². The van der Waals surface area contributed by atoms with Crippen molar-refractivity contribution in [1.29, 1.82) is 5.26 Å². The van der Waals surface area contributed by atoms with Crippen LogP contribution >= 0.6 is 0 Å². The highest BCUT2D eigenvalue weighted by molar-refractivity contribution is 5.93. The molecule has 0 unspecified atom stereocenters. The first-order valence-electron chi connectivity index (χ1n) is 7.23. The summed E-state index contributed by atoms with van der Waals surface area (Å²) in [7, 11) is 0. The molecule has 0 aromatic heterocycles. The van der Waals surface area contributed by atoms with E-state index in [9.17, 15) is 10.1 Å². The monoisotopic (exact) mass is 288 g/mol. The van der Waals surface area contributed by atoms with Gasteiger partial charge in [0.2, 0.25) is 5.91 Å². The fourth-order valence-corrected chi connectivity index (χ4v) is 2.70. The zero-order valence-electron chi connectivity index (χ0n) is 12.3. The van der Waals surface area contributed by atoms with Crippen LogP contribution in [-0.2, 0) is 4.79 Å². The van der Waals surface area contributed by atoms with Gasteiger partial charge in [-0.15, -0.1) is 0 Å². The molecular weight excluding hydrogens is 272 g/mol. The third-order valence-corrected chi connectivity index (χ3v) is 3.93. The topological polar surface area (TPSA) is 52.9 Å². The molecule has 3 heteroatoms. The van der Waals surface area contributed by atoms with Crippen LogP contribution in [0.2, 0.25) is 0 Å². The Kier molecular flexibility index (Phi) is 3.76. The SMILES string of the molecule is Cc1ccc(C2=C[C@@H](c3ccccc3)[C@H](C#N)C(=O)N2)cc1. The molecule has 0 aliphatic carbocycles. The number of rotatable bonds is 2. The van der Waals surface area contributed by atoms with Crippen LogP contribution in [0.3, 0.4) is 0 Å². The van der Waals surface area contributed by atoms with Crippen molar-refractivity contribution in [1.82, 2.24) is 5.32 Å². The molecule has 1 aliphatic rings. The molecule has 1 heterocycles. The lowest BCUT2D eigenvalue weighted by molar-refractivity contribution is -0.122. The van der Waals surface area contributed by atoms with E-state index in [1.165, 1.54) is 5.56 Å². The summed E-state index contributed by atoms with van der Waals surface area (Å²) >= 11 is 0. The Morgan fingerprint density at radius 2 is 1.73 bits per heavy atom. The molecule has 0 saturated carbocycles. The number of hydrogen-bond donors (Lipinski definition) is 1. The van der Waals surface area contributed by atoms with E-state index in [4.69, 9.17) is 0 Å². The van der Waals surface area contributed by atoms with Crippen LogP contribution in [0.4, 0.5) is 0 Å². The number of aryl methyl sites for hydroxylation is 1. The highest BCUT2D eigenvalue weighted by atomic mass is 16.2. The van der Waals surface area contributed by atoms with Crippen molar-refractivity contribution in [3.63, 3.8) is 0 Å². The standard InChI is InChI=1S/C19H16N2O/c1-13-7-9-15(10-8-13)18-11-16(14-5-3-2-4-6-14)17(12-20)19(22)21-18/h2-11,16-17H,1H3,(H,21,22)/t16-,17-/m0/s1. The Balaban J connectivity index is 2.05. The molecule has 2 atom stereocenters. The lowest BCUT2D eigenvalue weighted by Gasteiger charge is -2.26. The Morgan fingerprint density at radius 3 is 2.36 bits per heavy atom. The number of nitrogens with one attached hydrogen (secondary N) is 1. The van der Waals surface area contributed by atoms with Crippen LogP contribution in [0.15, 0.2) is 60.7 Å². The Bertz CT molecular complexity index is 754. The van der Waals surface area contributed by atoms with Gasteiger partial charge >= 0.3 is 0 Å². The third-order valence-electron chi connectivity index (χ3n) is 3.93. The summed E-state index contributed by atoms with van der Waals surface area (Å²) in [4.78, 5) is 12.3. The summed E-state index contributed by atoms with van der Waals surface area (Å²) in [6, 6.07) is 19.8. The number of nitrogens with zero attached hydrogens (tertiary/aromatic N) is 1. The van der Waals surface area contributed by atoms with Crippen LogP contribution in [0.1, 0.15) is 22.6 Å². The van der Waals surface area contributed by atoms with Crippen molar-refractivity contribution >= 4 is 11.6 Å². The zero-order chi connectivity index (χ0) is 15.5. The molecule has 2 aromatic carbocycles. The first-order chi connectivity index (χ1) is 10.7. The molecule has 1 amide bonds. The molecule has 1 N–H and O–H groups in total. The molecule has 0 fully saturated rings. The molecular formula is C19H16N2O. The first kappa shape index (κ1) is 14.1. The fraction of sp³-hybridized carbons (Fsp3) is 0.158. The molecule has 2 aromatic rings. The Labute approximate surface area is 129 Å². The minimum atomic E-state index is -0.698. The van der Waals surface area contributed by atoms with Gasteiger partial charge in [-0.2, -0.15) is 5.26 Å². The number of carbonyl (C=O) groups is 1. The van der Waals surface area contributed by atoms with E-state index in [-0.39, 0.29) is 11.8 Å². The number of hydrogen-bond acceptors (Lipinski definition) is 2. The third kappa shape index (κ3) is 2.64. The molecule has 0 bridgehead atoms. The summed E-state index contributed by atoms with van der Waals surface area (Å²) in [5, 5.41) is 12.2. The normalized spacial score (nSPS) is 20.7. The van der Waals surface area contributed by atoms with E-state index in [1.807, 2.05) is 67.6 Å². The maximum absolute atomic E-state index is 12.3.